The van der Waals surface area contributed by atoms with Crippen molar-refractivity contribution in [1.29, 1.82) is 5.26 Å². The molecule has 1 aliphatic carbocycles. The summed E-state index contributed by atoms with van der Waals surface area (Å²) in [5.41, 5.74) is 3.13. The van der Waals surface area contributed by atoms with E-state index >= 15 is 0 Å². The van der Waals surface area contributed by atoms with Gasteiger partial charge in [0.25, 0.3) is 0 Å². The predicted octanol–water partition coefficient (Wildman–Crippen LogP) is 5.20. The van der Waals surface area contributed by atoms with E-state index in [1.54, 1.807) is 28.5 Å². The monoisotopic (exact) mass is 459 g/mol. The second-order valence-corrected chi connectivity index (χ2v) is 9.47. The third kappa shape index (κ3) is 4.84. The number of ether oxygens (including phenoxy) is 1. The molecule has 2 heterocycles. The number of benzene rings is 1. The number of hydrogen-bond acceptors (Lipinski definition) is 5. The summed E-state index contributed by atoms with van der Waals surface area (Å²) in [6.07, 6.45) is 8.56. The van der Waals surface area contributed by atoms with Gasteiger partial charge in [0, 0.05) is 24.7 Å². The van der Waals surface area contributed by atoms with Crippen LogP contribution in [0.2, 0.25) is 0 Å². The van der Waals surface area contributed by atoms with Crippen LogP contribution in [0.1, 0.15) is 33.6 Å². The normalized spacial score (nSPS) is 14.5. The molecule has 3 aromatic rings. The Bertz CT molecular complexity index is 1440. The molecule has 0 N–H and O–H groups in total. The minimum Gasteiger partial charge on any atom is -0.434 e. The number of nitrogens with zero attached hydrogens (tertiary/aromatic N) is 5. The quantitative estimate of drug-likeness (QED) is 0.535. The van der Waals surface area contributed by atoms with Gasteiger partial charge in [0.15, 0.2) is 11.6 Å². The Morgan fingerprint density at radius 3 is 2.76 bits per heavy atom. The Labute approximate surface area is 197 Å². The highest BCUT2D eigenvalue weighted by molar-refractivity contribution is 5.82. The molecule has 34 heavy (non-hydrogen) atoms. The van der Waals surface area contributed by atoms with Gasteiger partial charge in [-0.3, -0.25) is 14.1 Å². The maximum absolute atomic E-state index is 14.6. The van der Waals surface area contributed by atoms with Crippen LogP contribution in [0, 0.1) is 16.7 Å². The molecule has 0 radical (unpaired) electrons. The maximum atomic E-state index is 14.6. The fraction of sp³-hybridized carbons (Fsp3) is 0.308. The summed E-state index contributed by atoms with van der Waals surface area (Å²) in [5.74, 6) is -0.550. The van der Waals surface area contributed by atoms with Gasteiger partial charge in [-0.15, -0.1) is 0 Å². The number of imidazole rings is 1. The van der Waals surface area contributed by atoms with Crippen molar-refractivity contribution in [3.05, 3.63) is 76.5 Å². The summed E-state index contributed by atoms with van der Waals surface area (Å²) < 4.78 is 23.7. The van der Waals surface area contributed by atoms with Gasteiger partial charge in [0.2, 0.25) is 5.88 Å². The van der Waals surface area contributed by atoms with Crippen LogP contribution in [-0.2, 0) is 13.6 Å². The zero-order chi connectivity index (χ0) is 24.5. The summed E-state index contributed by atoms with van der Waals surface area (Å²) in [4.78, 5) is 21.5. The molecule has 2 aromatic heterocycles. The first kappa shape index (κ1) is 23.2. The van der Waals surface area contributed by atoms with Gasteiger partial charge in [0.1, 0.15) is 0 Å². The summed E-state index contributed by atoms with van der Waals surface area (Å²) in [5, 5.41) is 9.12. The van der Waals surface area contributed by atoms with Gasteiger partial charge in [-0.25, -0.2) is 14.2 Å². The SMILES string of the molecule is Cn1c(=O)n(CC(C)(C)C)c2ccc(-c3cncc(OC4=C(F)C=C(C#N)CCC=C4)n3)cc21. The molecule has 4 rings (SSSR count). The fourth-order valence-electron chi connectivity index (χ4n) is 3.82. The topological polar surface area (TPSA) is 85.7 Å². The maximum Gasteiger partial charge on any atom is 0.328 e. The van der Waals surface area contributed by atoms with Gasteiger partial charge < -0.3 is 4.74 Å². The van der Waals surface area contributed by atoms with Crippen molar-refractivity contribution in [3.8, 4) is 23.2 Å². The van der Waals surface area contributed by atoms with Crippen molar-refractivity contribution < 1.29 is 9.13 Å². The number of hydrogen-bond donors (Lipinski definition) is 0. The van der Waals surface area contributed by atoms with Crippen LogP contribution in [0.15, 0.2) is 70.8 Å². The van der Waals surface area contributed by atoms with Crippen molar-refractivity contribution >= 4 is 11.0 Å². The number of allylic oxidation sites excluding steroid dienone is 5. The van der Waals surface area contributed by atoms with Crippen LogP contribution < -0.4 is 10.4 Å². The van der Waals surface area contributed by atoms with Gasteiger partial charge >= 0.3 is 5.69 Å². The molecule has 0 spiro atoms. The van der Waals surface area contributed by atoms with E-state index in [0.717, 1.165) is 16.6 Å². The molecule has 0 atom stereocenters. The number of aryl methyl sites for hydroxylation is 1. The lowest BCUT2D eigenvalue weighted by Crippen LogP contribution is -2.27. The van der Waals surface area contributed by atoms with Crippen molar-refractivity contribution in [2.75, 3.05) is 0 Å². The molecule has 7 nitrogen and oxygen atoms in total. The lowest BCUT2D eigenvalue weighted by atomic mass is 9.97. The molecule has 0 saturated heterocycles. The van der Waals surface area contributed by atoms with Crippen molar-refractivity contribution in [3.63, 3.8) is 0 Å². The highest BCUT2D eigenvalue weighted by Crippen LogP contribution is 2.27. The number of nitriles is 1. The van der Waals surface area contributed by atoms with Crippen LogP contribution in [0.25, 0.3) is 22.3 Å². The highest BCUT2D eigenvalue weighted by Gasteiger charge is 2.18. The minimum atomic E-state index is -0.642. The Kier molecular flexibility index (Phi) is 6.20. The molecule has 0 aliphatic heterocycles. The third-order valence-corrected chi connectivity index (χ3v) is 5.43. The van der Waals surface area contributed by atoms with E-state index in [0.29, 0.717) is 30.7 Å². The first-order valence-electron chi connectivity index (χ1n) is 11.0. The summed E-state index contributed by atoms with van der Waals surface area (Å²) in [6, 6.07) is 7.67. The Hall–Kier alpha value is -3.99. The molecule has 174 valence electrons. The lowest BCUT2D eigenvalue weighted by molar-refractivity contribution is 0.342. The molecule has 0 amide bonds. The first-order valence-corrected chi connectivity index (χ1v) is 11.0. The van der Waals surface area contributed by atoms with Crippen molar-refractivity contribution in [2.24, 2.45) is 12.5 Å². The molecule has 0 fully saturated rings. The van der Waals surface area contributed by atoms with Gasteiger partial charge in [0.05, 0.1) is 35.2 Å². The zero-order valence-electron chi connectivity index (χ0n) is 19.7. The molecule has 0 saturated carbocycles. The number of halogens is 1. The van der Waals surface area contributed by atoms with Gasteiger partial charge in [-0.1, -0.05) is 32.9 Å². The predicted molar refractivity (Wildman–Crippen MR) is 128 cm³/mol. The van der Waals surface area contributed by atoms with Gasteiger partial charge in [-0.2, -0.15) is 5.26 Å². The molecular formula is C26H26FN5O2. The van der Waals surface area contributed by atoms with E-state index in [1.165, 1.54) is 18.3 Å². The van der Waals surface area contributed by atoms with E-state index in [2.05, 4.69) is 30.7 Å². The lowest BCUT2D eigenvalue weighted by Gasteiger charge is -2.18. The zero-order valence-corrected chi connectivity index (χ0v) is 19.7. The Morgan fingerprint density at radius 1 is 1.24 bits per heavy atom. The first-order chi connectivity index (χ1) is 16.2. The minimum absolute atomic E-state index is 0.0315. The average Bonchev–Trinajstić information content (AvgIpc) is 3.02. The molecule has 1 aromatic carbocycles. The second kappa shape index (κ2) is 9.10. The third-order valence-electron chi connectivity index (χ3n) is 5.43. The van der Waals surface area contributed by atoms with E-state index in [4.69, 9.17) is 10.00 Å². The van der Waals surface area contributed by atoms with E-state index in [-0.39, 0.29) is 22.7 Å². The average molecular weight is 460 g/mol. The second-order valence-electron chi connectivity index (χ2n) is 9.47. The van der Waals surface area contributed by atoms with E-state index < -0.39 is 5.83 Å². The van der Waals surface area contributed by atoms with Crippen LogP contribution in [-0.4, -0.2) is 19.1 Å². The van der Waals surface area contributed by atoms with Crippen LogP contribution in [0.3, 0.4) is 0 Å². The molecular weight excluding hydrogens is 433 g/mol. The molecule has 8 heteroatoms. The summed E-state index contributed by atoms with van der Waals surface area (Å²) in [7, 11) is 1.75. The van der Waals surface area contributed by atoms with Crippen LogP contribution in [0.5, 0.6) is 5.88 Å². The number of rotatable bonds is 4. The van der Waals surface area contributed by atoms with Gasteiger partial charge in [-0.05, 0) is 42.5 Å². The summed E-state index contributed by atoms with van der Waals surface area (Å²) >= 11 is 0. The molecule has 0 bridgehead atoms. The fourth-order valence-corrected chi connectivity index (χ4v) is 3.82. The van der Waals surface area contributed by atoms with E-state index in [1.807, 2.05) is 24.3 Å². The largest absolute Gasteiger partial charge is 0.434 e. The molecule has 0 unspecified atom stereocenters. The smallest absolute Gasteiger partial charge is 0.328 e. The van der Waals surface area contributed by atoms with E-state index in [9.17, 15) is 9.18 Å². The standard InChI is InChI=1S/C26H26FN5O2/c1-26(2,3)16-32-21-10-9-18(12-22(21)31(4)25(32)33)20-14-29-15-24(30-20)34-23-8-6-5-7-17(13-28)11-19(23)27/h6,8-12,14-15H,5,7,16H2,1-4H3. The van der Waals surface area contributed by atoms with Crippen LogP contribution in [0.4, 0.5) is 4.39 Å². The highest BCUT2D eigenvalue weighted by atomic mass is 19.1. The molecule has 1 aliphatic rings. The Morgan fingerprint density at radius 2 is 2.03 bits per heavy atom. The van der Waals surface area contributed by atoms with Crippen molar-refractivity contribution in [2.45, 2.75) is 40.2 Å². The van der Waals surface area contributed by atoms with Crippen molar-refractivity contribution in [1.82, 2.24) is 19.1 Å². The number of aromatic nitrogens is 4. The summed E-state index contributed by atoms with van der Waals surface area (Å²) in [6.45, 7) is 6.87. The number of fused-ring (bicyclic) bond motifs is 1. The Balaban J connectivity index is 1.70. The van der Waals surface area contributed by atoms with Crippen LogP contribution >= 0.6 is 0 Å².